The Hall–Kier alpha value is -1.32. The first-order valence-corrected chi connectivity index (χ1v) is 4.23. The van der Waals surface area contributed by atoms with Gasteiger partial charge in [0.25, 0.3) is 0 Å². The van der Waals surface area contributed by atoms with E-state index in [9.17, 15) is 9.59 Å². The van der Waals surface area contributed by atoms with Crippen LogP contribution in [0.4, 0.5) is 0 Å². The lowest BCUT2D eigenvalue weighted by Gasteiger charge is -2.18. The SMILES string of the molecule is CN(CC(=O)O)C(=O)C1CC=CC1. The zero-order valence-electron chi connectivity index (χ0n) is 7.56. The van der Waals surface area contributed by atoms with E-state index in [4.69, 9.17) is 5.11 Å². The largest absolute Gasteiger partial charge is 0.480 e. The Balaban J connectivity index is 2.42. The number of hydrogen-bond donors (Lipinski definition) is 1. The van der Waals surface area contributed by atoms with Gasteiger partial charge in [0.1, 0.15) is 6.54 Å². The van der Waals surface area contributed by atoms with Gasteiger partial charge in [0.15, 0.2) is 0 Å². The second-order valence-corrected chi connectivity index (χ2v) is 3.23. The van der Waals surface area contributed by atoms with Crippen molar-refractivity contribution in [3.63, 3.8) is 0 Å². The summed E-state index contributed by atoms with van der Waals surface area (Å²) in [6.45, 7) is -0.213. The molecular weight excluding hydrogens is 170 g/mol. The topological polar surface area (TPSA) is 57.6 Å². The lowest BCUT2D eigenvalue weighted by atomic mass is 10.1. The Labute approximate surface area is 76.8 Å². The zero-order valence-corrected chi connectivity index (χ0v) is 7.56. The Morgan fingerprint density at radius 2 is 2.00 bits per heavy atom. The molecule has 13 heavy (non-hydrogen) atoms. The molecule has 0 radical (unpaired) electrons. The van der Waals surface area contributed by atoms with Crippen molar-refractivity contribution in [1.29, 1.82) is 0 Å². The van der Waals surface area contributed by atoms with Crippen LogP contribution in [0.2, 0.25) is 0 Å². The molecule has 0 unspecified atom stereocenters. The van der Waals surface area contributed by atoms with Gasteiger partial charge in [-0.05, 0) is 12.8 Å². The van der Waals surface area contributed by atoms with Crippen molar-refractivity contribution in [2.75, 3.05) is 13.6 Å². The molecule has 0 heterocycles. The molecule has 0 bridgehead atoms. The molecule has 0 atom stereocenters. The lowest BCUT2D eigenvalue weighted by Crippen LogP contribution is -2.35. The van der Waals surface area contributed by atoms with Gasteiger partial charge in [-0.1, -0.05) is 12.2 Å². The normalized spacial score (nSPS) is 16.1. The summed E-state index contributed by atoms with van der Waals surface area (Å²) in [5.74, 6) is -1.08. The van der Waals surface area contributed by atoms with E-state index in [1.54, 1.807) is 0 Å². The fourth-order valence-electron chi connectivity index (χ4n) is 1.41. The number of nitrogens with zero attached hydrogens (tertiary/aromatic N) is 1. The summed E-state index contributed by atoms with van der Waals surface area (Å²) in [4.78, 5) is 23.1. The second-order valence-electron chi connectivity index (χ2n) is 3.23. The standard InChI is InChI=1S/C9H13NO3/c1-10(6-8(11)12)9(13)7-4-2-3-5-7/h2-3,7H,4-6H2,1H3,(H,11,12). The molecule has 0 saturated carbocycles. The first kappa shape index (κ1) is 9.77. The van der Waals surface area contributed by atoms with Gasteiger partial charge in [-0.2, -0.15) is 0 Å². The molecule has 1 rings (SSSR count). The number of carboxylic acids is 1. The van der Waals surface area contributed by atoms with Crippen molar-refractivity contribution in [1.82, 2.24) is 4.90 Å². The van der Waals surface area contributed by atoms with Gasteiger partial charge in [0, 0.05) is 13.0 Å². The van der Waals surface area contributed by atoms with E-state index in [0.717, 1.165) is 12.8 Å². The molecule has 1 N–H and O–H groups in total. The van der Waals surface area contributed by atoms with Crippen LogP contribution >= 0.6 is 0 Å². The van der Waals surface area contributed by atoms with E-state index in [0.29, 0.717) is 0 Å². The minimum Gasteiger partial charge on any atom is -0.480 e. The molecule has 72 valence electrons. The van der Waals surface area contributed by atoms with Crippen LogP contribution in [-0.4, -0.2) is 35.5 Å². The number of aliphatic carboxylic acids is 1. The van der Waals surface area contributed by atoms with Crippen LogP contribution < -0.4 is 0 Å². The highest BCUT2D eigenvalue weighted by molar-refractivity contribution is 5.83. The van der Waals surface area contributed by atoms with Crippen LogP contribution in [0.1, 0.15) is 12.8 Å². The Kier molecular flexibility index (Phi) is 3.06. The van der Waals surface area contributed by atoms with Crippen molar-refractivity contribution < 1.29 is 14.7 Å². The predicted octanol–water partition coefficient (Wildman–Crippen LogP) is 0.496. The average Bonchev–Trinajstić information content (AvgIpc) is 2.53. The van der Waals surface area contributed by atoms with Crippen molar-refractivity contribution in [3.05, 3.63) is 12.2 Å². The maximum atomic E-state index is 11.5. The number of amides is 1. The fourth-order valence-corrected chi connectivity index (χ4v) is 1.41. The number of carboxylic acid groups (broad SMARTS) is 1. The van der Waals surface area contributed by atoms with Crippen LogP contribution in [0.15, 0.2) is 12.2 Å². The second kappa shape index (κ2) is 4.07. The summed E-state index contributed by atoms with van der Waals surface area (Å²) in [7, 11) is 1.52. The average molecular weight is 183 g/mol. The van der Waals surface area contributed by atoms with E-state index in [2.05, 4.69) is 0 Å². The number of hydrogen-bond acceptors (Lipinski definition) is 2. The van der Waals surface area contributed by atoms with Crippen LogP contribution in [0.3, 0.4) is 0 Å². The third-order valence-corrected chi connectivity index (χ3v) is 2.11. The number of carbonyl (C=O) groups excluding carboxylic acids is 1. The minimum atomic E-state index is -0.971. The highest BCUT2D eigenvalue weighted by Gasteiger charge is 2.23. The zero-order chi connectivity index (χ0) is 9.84. The summed E-state index contributed by atoms with van der Waals surface area (Å²) in [5, 5.41) is 8.47. The Bertz CT molecular complexity index is 239. The third-order valence-electron chi connectivity index (χ3n) is 2.11. The van der Waals surface area contributed by atoms with Crippen molar-refractivity contribution in [3.8, 4) is 0 Å². The van der Waals surface area contributed by atoms with Gasteiger partial charge in [-0.25, -0.2) is 0 Å². The molecule has 4 heteroatoms. The van der Waals surface area contributed by atoms with Gasteiger partial charge >= 0.3 is 5.97 Å². The molecule has 4 nitrogen and oxygen atoms in total. The van der Waals surface area contributed by atoms with Crippen molar-refractivity contribution in [2.45, 2.75) is 12.8 Å². The van der Waals surface area contributed by atoms with Gasteiger partial charge in [0.2, 0.25) is 5.91 Å². The van der Waals surface area contributed by atoms with Crippen LogP contribution in [0.25, 0.3) is 0 Å². The molecule has 0 spiro atoms. The summed E-state index contributed by atoms with van der Waals surface area (Å²) < 4.78 is 0. The summed E-state index contributed by atoms with van der Waals surface area (Å²) in [6, 6.07) is 0. The summed E-state index contributed by atoms with van der Waals surface area (Å²) in [6.07, 6.45) is 5.39. The van der Waals surface area contributed by atoms with Crippen molar-refractivity contribution in [2.24, 2.45) is 5.92 Å². The van der Waals surface area contributed by atoms with Gasteiger partial charge < -0.3 is 10.0 Å². The maximum absolute atomic E-state index is 11.5. The third kappa shape index (κ3) is 2.57. The molecule has 0 aliphatic heterocycles. The fraction of sp³-hybridized carbons (Fsp3) is 0.556. The molecule has 0 aromatic rings. The predicted molar refractivity (Wildman–Crippen MR) is 47.1 cm³/mol. The first-order valence-electron chi connectivity index (χ1n) is 4.23. The minimum absolute atomic E-state index is 0.0376. The van der Waals surface area contributed by atoms with E-state index < -0.39 is 5.97 Å². The molecular formula is C9H13NO3. The lowest BCUT2D eigenvalue weighted by molar-refractivity contribution is -0.145. The Morgan fingerprint density at radius 1 is 1.46 bits per heavy atom. The molecule has 0 aromatic heterocycles. The van der Waals surface area contributed by atoms with Gasteiger partial charge in [-0.15, -0.1) is 0 Å². The highest BCUT2D eigenvalue weighted by Crippen LogP contribution is 2.19. The summed E-state index contributed by atoms with van der Waals surface area (Å²) >= 11 is 0. The van der Waals surface area contributed by atoms with Crippen LogP contribution in [-0.2, 0) is 9.59 Å². The van der Waals surface area contributed by atoms with Gasteiger partial charge in [0.05, 0.1) is 0 Å². The molecule has 1 amide bonds. The number of carbonyl (C=O) groups is 2. The highest BCUT2D eigenvalue weighted by atomic mass is 16.4. The molecule has 1 aliphatic rings. The quantitative estimate of drug-likeness (QED) is 0.648. The van der Waals surface area contributed by atoms with E-state index in [1.807, 2.05) is 12.2 Å². The molecule has 0 aromatic carbocycles. The van der Waals surface area contributed by atoms with Crippen LogP contribution in [0.5, 0.6) is 0 Å². The van der Waals surface area contributed by atoms with Gasteiger partial charge in [-0.3, -0.25) is 9.59 Å². The monoisotopic (exact) mass is 183 g/mol. The molecule has 0 saturated heterocycles. The van der Waals surface area contributed by atoms with Crippen LogP contribution in [0, 0.1) is 5.92 Å². The van der Waals surface area contributed by atoms with E-state index in [1.165, 1.54) is 11.9 Å². The number of likely N-dealkylation sites (N-methyl/N-ethyl adjacent to an activating group) is 1. The van der Waals surface area contributed by atoms with E-state index >= 15 is 0 Å². The Morgan fingerprint density at radius 3 is 2.46 bits per heavy atom. The summed E-state index contributed by atoms with van der Waals surface area (Å²) in [5.41, 5.74) is 0. The molecule has 1 aliphatic carbocycles. The van der Waals surface area contributed by atoms with E-state index in [-0.39, 0.29) is 18.4 Å². The van der Waals surface area contributed by atoms with Crippen molar-refractivity contribution >= 4 is 11.9 Å². The smallest absolute Gasteiger partial charge is 0.323 e. The molecule has 0 fully saturated rings. The number of allylic oxidation sites excluding steroid dienone is 2. The number of rotatable bonds is 3. The first-order chi connectivity index (χ1) is 6.11. The maximum Gasteiger partial charge on any atom is 0.323 e.